The Balaban J connectivity index is 1.52. The van der Waals surface area contributed by atoms with Crippen molar-refractivity contribution in [2.75, 3.05) is 13.1 Å². The summed E-state index contributed by atoms with van der Waals surface area (Å²) in [4.78, 5) is 14.8. The summed E-state index contributed by atoms with van der Waals surface area (Å²) >= 11 is 0. The van der Waals surface area contributed by atoms with Gasteiger partial charge in [0.05, 0.1) is 17.3 Å². The molecule has 0 spiro atoms. The van der Waals surface area contributed by atoms with Crippen LogP contribution in [0.4, 0.5) is 0 Å². The molecule has 6 heteroatoms. The van der Waals surface area contributed by atoms with Crippen LogP contribution >= 0.6 is 0 Å². The van der Waals surface area contributed by atoms with Gasteiger partial charge in [0.2, 0.25) is 0 Å². The van der Waals surface area contributed by atoms with E-state index in [0.29, 0.717) is 35.8 Å². The van der Waals surface area contributed by atoms with Crippen LogP contribution in [0.25, 0.3) is 11.3 Å². The Kier molecular flexibility index (Phi) is 4.62. The van der Waals surface area contributed by atoms with Crippen molar-refractivity contribution in [1.29, 1.82) is 10.5 Å². The van der Waals surface area contributed by atoms with Crippen molar-refractivity contribution in [2.45, 2.75) is 19.8 Å². The predicted octanol–water partition coefficient (Wildman–Crippen LogP) is 3.68. The summed E-state index contributed by atoms with van der Waals surface area (Å²) < 4.78 is 0. The van der Waals surface area contributed by atoms with Crippen molar-refractivity contribution >= 4 is 5.91 Å². The molecule has 142 valence electrons. The molecule has 0 aliphatic carbocycles. The normalized spacial score (nSPS) is 13.4. The highest BCUT2D eigenvalue weighted by atomic mass is 16.2. The van der Waals surface area contributed by atoms with E-state index in [0.717, 1.165) is 27.9 Å². The number of nitriles is 2. The number of carbonyl (C=O) groups is 1. The molecule has 1 aliphatic heterocycles. The van der Waals surface area contributed by atoms with Crippen LogP contribution in [-0.2, 0) is 0 Å². The third-order valence-corrected chi connectivity index (χ3v) is 5.55. The van der Waals surface area contributed by atoms with E-state index in [1.807, 2.05) is 61.2 Å². The topological polar surface area (TPSA) is 96.6 Å². The number of H-pyrrole nitrogens is 1. The summed E-state index contributed by atoms with van der Waals surface area (Å²) in [5.74, 6) is 0.290. The summed E-state index contributed by atoms with van der Waals surface area (Å²) in [6.07, 6.45) is 0. The quantitative estimate of drug-likeness (QED) is 0.748. The van der Waals surface area contributed by atoms with E-state index in [-0.39, 0.29) is 5.91 Å². The van der Waals surface area contributed by atoms with Crippen LogP contribution in [0.2, 0.25) is 0 Å². The molecule has 1 amide bonds. The van der Waals surface area contributed by atoms with Crippen LogP contribution in [0.15, 0.2) is 42.5 Å². The average Bonchev–Trinajstić information content (AvgIpc) is 3.08. The molecule has 0 saturated carbocycles. The Morgan fingerprint density at radius 2 is 1.83 bits per heavy atom. The summed E-state index contributed by atoms with van der Waals surface area (Å²) in [6.45, 7) is 5.15. The molecule has 0 radical (unpaired) electrons. The predicted molar refractivity (Wildman–Crippen MR) is 108 cm³/mol. The number of likely N-dealkylation sites (tertiary alicyclic amines) is 1. The van der Waals surface area contributed by atoms with E-state index in [1.54, 1.807) is 0 Å². The van der Waals surface area contributed by atoms with Gasteiger partial charge in [-0.3, -0.25) is 9.89 Å². The van der Waals surface area contributed by atoms with Crippen molar-refractivity contribution in [3.05, 3.63) is 76.0 Å². The molecule has 6 nitrogen and oxygen atoms in total. The molecular weight excluding hydrogens is 362 g/mol. The Morgan fingerprint density at radius 1 is 1.10 bits per heavy atom. The molecule has 4 rings (SSSR count). The SMILES string of the molecule is Cc1ccc(C(=O)N2CC(c3ccc(C#N)cc3)C2)cc1-c1[nH]nc(C#N)c1C. The van der Waals surface area contributed by atoms with E-state index >= 15 is 0 Å². The van der Waals surface area contributed by atoms with Crippen molar-refractivity contribution in [2.24, 2.45) is 0 Å². The second kappa shape index (κ2) is 7.26. The van der Waals surface area contributed by atoms with E-state index in [4.69, 9.17) is 10.5 Å². The van der Waals surface area contributed by atoms with Crippen LogP contribution < -0.4 is 0 Å². The van der Waals surface area contributed by atoms with E-state index in [9.17, 15) is 4.79 Å². The molecule has 3 aromatic rings. The molecule has 0 bridgehead atoms. The molecule has 1 aromatic heterocycles. The van der Waals surface area contributed by atoms with Gasteiger partial charge >= 0.3 is 0 Å². The molecule has 0 atom stereocenters. The zero-order valence-electron chi connectivity index (χ0n) is 16.2. The lowest BCUT2D eigenvalue weighted by Gasteiger charge is -2.39. The molecule has 2 aromatic carbocycles. The minimum atomic E-state index is -0.00572. The van der Waals surface area contributed by atoms with Gasteiger partial charge in [-0.25, -0.2) is 0 Å². The number of rotatable bonds is 3. The minimum Gasteiger partial charge on any atom is -0.337 e. The third-order valence-electron chi connectivity index (χ3n) is 5.55. The van der Waals surface area contributed by atoms with Gasteiger partial charge in [-0.05, 0) is 49.2 Å². The Hall–Kier alpha value is -3.90. The number of amides is 1. The maximum atomic E-state index is 13.0. The van der Waals surface area contributed by atoms with Crippen molar-refractivity contribution in [1.82, 2.24) is 15.1 Å². The third kappa shape index (κ3) is 3.26. The van der Waals surface area contributed by atoms with Crippen LogP contribution in [0.3, 0.4) is 0 Å². The van der Waals surface area contributed by atoms with Crippen LogP contribution in [0.1, 0.15) is 44.2 Å². The number of nitrogens with zero attached hydrogens (tertiary/aromatic N) is 4. The van der Waals surface area contributed by atoms with Crippen molar-refractivity contribution in [3.63, 3.8) is 0 Å². The Morgan fingerprint density at radius 3 is 2.45 bits per heavy atom. The van der Waals surface area contributed by atoms with Crippen molar-refractivity contribution in [3.8, 4) is 23.4 Å². The number of aromatic amines is 1. The van der Waals surface area contributed by atoms with Gasteiger partial charge in [0.15, 0.2) is 5.69 Å². The fourth-order valence-electron chi connectivity index (χ4n) is 3.66. The first-order valence-corrected chi connectivity index (χ1v) is 9.37. The van der Waals surface area contributed by atoms with Crippen LogP contribution in [0.5, 0.6) is 0 Å². The highest BCUT2D eigenvalue weighted by Crippen LogP contribution is 2.31. The zero-order chi connectivity index (χ0) is 20.5. The molecule has 2 heterocycles. The maximum Gasteiger partial charge on any atom is 0.253 e. The number of nitrogens with one attached hydrogen (secondary N) is 1. The summed E-state index contributed by atoms with van der Waals surface area (Å²) in [5, 5.41) is 25.0. The van der Waals surface area contributed by atoms with Crippen LogP contribution in [0, 0.1) is 36.5 Å². The standard InChI is InChI=1S/C23H19N5O/c1-14-3-6-18(9-20(14)22-15(2)21(11-25)26-27-22)23(29)28-12-19(13-28)17-7-4-16(10-24)5-8-17/h3-9,19H,12-13H2,1-2H3,(H,26,27). The van der Waals surface area contributed by atoms with Gasteiger partial charge < -0.3 is 4.90 Å². The number of benzene rings is 2. The monoisotopic (exact) mass is 381 g/mol. The second-order valence-electron chi connectivity index (χ2n) is 7.35. The Bertz CT molecular complexity index is 1170. The number of hydrogen-bond donors (Lipinski definition) is 1. The highest BCUT2D eigenvalue weighted by Gasteiger charge is 2.32. The zero-order valence-corrected chi connectivity index (χ0v) is 16.2. The summed E-state index contributed by atoms with van der Waals surface area (Å²) in [7, 11) is 0. The number of aromatic nitrogens is 2. The van der Waals surface area contributed by atoms with Gasteiger partial charge in [-0.1, -0.05) is 18.2 Å². The first kappa shape index (κ1) is 18.5. The minimum absolute atomic E-state index is 0.00572. The first-order chi connectivity index (χ1) is 14.0. The second-order valence-corrected chi connectivity index (χ2v) is 7.35. The van der Waals surface area contributed by atoms with Gasteiger partial charge in [-0.15, -0.1) is 0 Å². The molecular formula is C23H19N5O. The van der Waals surface area contributed by atoms with Gasteiger partial charge in [0, 0.05) is 35.7 Å². The highest BCUT2D eigenvalue weighted by molar-refractivity contribution is 5.96. The van der Waals surface area contributed by atoms with E-state index < -0.39 is 0 Å². The van der Waals surface area contributed by atoms with Crippen molar-refractivity contribution < 1.29 is 4.79 Å². The lowest BCUT2D eigenvalue weighted by molar-refractivity contribution is 0.0602. The lowest BCUT2D eigenvalue weighted by Crippen LogP contribution is -2.48. The van der Waals surface area contributed by atoms with Crippen LogP contribution in [-0.4, -0.2) is 34.1 Å². The molecule has 1 aliphatic rings. The molecule has 1 N–H and O–H groups in total. The van der Waals surface area contributed by atoms with Gasteiger partial charge in [0.1, 0.15) is 6.07 Å². The molecule has 1 saturated heterocycles. The number of hydrogen-bond acceptors (Lipinski definition) is 4. The van der Waals surface area contributed by atoms with Gasteiger partial charge in [-0.2, -0.15) is 15.6 Å². The number of aryl methyl sites for hydroxylation is 1. The number of carbonyl (C=O) groups excluding carboxylic acids is 1. The smallest absolute Gasteiger partial charge is 0.253 e. The first-order valence-electron chi connectivity index (χ1n) is 9.37. The van der Waals surface area contributed by atoms with Gasteiger partial charge in [0.25, 0.3) is 5.91 Å². The fourth-order valence-corrected chi connectivity index (χ4v) is 3.66. The largest absolute Gasteiger partial charge is 0.337 e. The molecule has 1 fully saturated rings. The lowest BCUT2D eigenvalue weighted by atomic mass is 9.90. The average molecular weight is 381 g/mol. The van der Waals surface area contributed by atoms with E-state index in [2.05, 4.69) is 22.3 Å². The summed E-state index contributed by atoms with van der Waals surface area (Å²) in [6, 6.07) is 17.4. The maximum absolute atomic E-state index is 13.0. The summed E-state index contributed by atoms with van der Waals surface area (Å²) in [5.41, 5.74) is 6.22. The Labute approximate surface area is 169 Å². The fraction of sp³-hybridized carbons (Fsp3) is 0.217. The van der Waals surface area contributed by atoms with E-state index in [1.165, 1.54) is 0 Å². The molecule has 0 unspecified atom stereocenters. The molecule has 29 heavy (non-hydrogen) atoms.